The summed E-state index contributed by atoms with van der Waals surface area (Å²) in [6.45, 7) is 6.13. The van der Waals surface area contributed by atoms with Gasteiger partial charge in [-0.15, -0.1) is 24.0 Å². The highest BCUT2D eigenvalue weighted by atomic mass is 127. The zero-order valence-electron chi connectivity index (χ0n) is 13.5. The molecule has 0 aliphatic rings. The predicted molar refractivity (Wildman–Crippen MR) is 105 cm³/mol. The van der Waals surface area contributed by atoms with Crippen molar-refractivity contribution in [2.24, 2.45) is 4.99 Å². The number of hydrogen-bond acceptors (Lipinski definition) is 1. The van der Waals surface area contributed by atoms with Gasteiger partial charge in [-0.2, -0.15) is 0 Å². The van der Waals surface area contributed by atoms with Crippen molar-refractivity contribution in [2.75, 3.05) is 6.54 Å². The Bertz CT molecular complexity index is 609. The number of aliphatic imine (C=N–C) groups is 1. The van der Waals surface area contributed by atoms with E-state index >= 15 is 0 Å². The maximum Gasteiger partial charge on any atom is 0.191 e. The molecule has 2 rings (SSSR count). The highest BCUT2D eigenvalue weighted by molar-refractivity contribution is 14.0. The number of nitrogens with zero attached hydrogens (tertiary/aromatic N) is 1. The Hall–Kier alpha value is -1.63. The van der Waals surface area contributed by atoms with Crippen LogP contribution in [0.3, 0.4) is 0 Å². The quantitative estimate of drug-likeness (QED) is 0.430. The van der Waals surface area contributed by atoms with Gasteiger partial charge in [0.2, 0.25) is 0 Å². The minimum absolute atomic E-state index is 0. The van der Waals surface area contributed by atoms with Gasteiger partial charge < -0.3 is 10.6 Å². The first-order valence-electron chi connectivity index (χ1n) is 7.49. The maximum absolute atomic E-state index is 12.9. The van der Waals surface area contributed by atoms with Crippen molar-refractivity contribution in [3.8, 4) is 0 Å². The molecule has 0 bridgehead atoms. The lowest BCUT2D eigenvalue weighted by Crippen LogP contribution is -2.36. The molecule has 0 radical (unpaired) electrons. The highest BCUT2D eigenvalue weighted by Gasteiger charge is 1.99. The molecular weight excluding hydrogens is 404 g/mol. The van der Waals surface area contributed by atoms with Crippen molar-refractivity contribution >= 4 is 29.9 Å². The molecule has 0 saturated heterocycles. The monoisotopic (exact) mass is 427 g/mol. The maximum atomic E-state index is 12.9. The molecule has 2 aromatic rings. The fourth-order valence-electron chi connectivity index (χ4n) is 1.99. The largest absolute Gasteiger partial charge is 0.357 e. The number of rotatable bonds is 5. The second kappa shape index (κ2) is 10.2. The molecule has 5 heteroatoms. The molecular formula is C18H23FIN3. The summed E-state index contributed by atoms with van der Waals surface area (Å²) in [5.74, 6) is 0.532. The van der Waals surface area contributed by atoms with Crippen molar-refractivity contribution in [3.63, 3.8) is 0 Å². The molecule has 0 aliphatic heterocycles. The summed E-state index contributed by atoms with van der Waals surface area (Å²) in [4.78, 5) is 4.52. The average Bonchev–Trinajstić information content (AvgIpc) is 2.53. The van der Waals surface area contributed by atoms with E-state index in [1.807, 2.05) is 6.92 Å². The number of halogens is 2. The van der Waals surface area contributed by atoms with Crippen LogP contribution < -0.4 is 10.6 Å². The Morgan fingerprint density at radius 2 is 1.57 bits per heavy atom. The van der Waals surface area contributed by atoms with Crippen LogP contribution in [0.5, 0.6) is 0 Å². The predicted octanol–water partition coefficient (Wildman–Crippen LogP) is 4.01. The first-order chi connectivity index (χ1) is 10.7. The SMILES string of the molecule is CCNC(=NCc1ccc(F)cc1)NCc1ccc(C)cc1.I. The molecule has 0 unspecified atom stereocenters. The molecule has 0 fully saturated rings. The molecule has 0 spiro atoms. The Labute approximate surface area is 154 Å². The number of hydrogen-bond donors (Lipinski definition) is 2. The van der Waals surface area contributed by atoms with E-state index in [1.165, 1.54) is 23.3 Å². The van der Waals surface area contributed by atoms with Crippen molar-refractivity contribution < 1.29 is 4.39 Å². The first kappa shape index (κ1) is 19.4. The van der Waals surface area contributed by atoms with Crippen molar-refractivity contribution in [2.45, 2.75) is 26.9 Å². The lowest BCUT2D eigenvalue weighted by atomic mass is 10.1. The third-order valence-electron chi connectivity index (χ3n) is 3.26. The van der Waals surface area contributed by atoms with Crippen LogP contribution in [-0.2, 0) is 13.1 Å². The standard InChI is InChI=1S/C18H22FN3.HI/c1-3-20-18(21-12-15-6-4-14(2)5-7-15)22-13-16-8-10-17(19)11-9-16;/h4-11H,3,12-13H2,1-2H3,(H2,20,21,22);1H. The van der Waals surface area contributed by atoms with Crippen LogP contribution in [0.4, 0.5) is 4.39 Å². The Balaban J connectivity index is 0.00000264. The molecule has 0 aliphatic carbocycles. The van der Waals surface area contributed by atoms with E-state index in [-0.39, 0.29) is 29.8 Å². The normalized spacial score (nSPS) is 10.8. The molecule has 3 nitrogen and oxygen atoms in total. The van der Waals surface area contributed by atoms with Gasteiger partial charge in [0.25, 0.3) is 0 Å². The van der Waals surface area contributed by atoms with Crippen LogP contribution in [0.1, 0.15) is 23.6 Å². The minimum Gasteiger partial charge on any atom is -0.357 e. The molecule has 0 heterocycles. The fraction of sp³-hybridized carbons (Fsp3) is 0.278. The second-order valence-electron chi connectivity index (χ2n) is 5.16. The molecule has 124 valence electrons. The van der Waals surface area contributed by atoms with Crippen LogP contribution in [0.15, 0.2) is 53.5 Å². The van der Waals surface area contributed by atoms with E-state index in [0.29, 0.717) is 6.54 Å². The Morgan fingerprint density at radius 3 is 2.17 bits per heavy atom. The van der Waals surface area contributed by atoms with Gasteiger partial charge in [-0.25, -0.2) is 9.38 Å². The van der Waals surface area contributed by atoms with E-state index < -0.39 is 0 Å². The van der Waals surface area contributed by atoms with E-state index in [9.17, 15) is 4.39 Å². The van der Waals surface area contributed by atoms with Gasteiger partial charge in [-0.3, -0.25) is 0 Å². The van der Waals surface area contributed by atoms with Gasteiger partial charge in [-0.1, -0.05) is 42.0 Å². The van der Waals surface area contributed by atoms with Gasteiger partial charge in [0.05, 0.1) is 6.54 Å². The summed E-state index contributed by atoms with van der Waals surface area (Å²) in [7, 11) is 0. The van der Waals surface area contributed by atoms with Gasteiger partial charge in [-0.05, 0) is 37.1 Å². The van der Waals surface area contributed by atoms with Crippen molar-refractivity contribution in [1.29, 1.82) is 0 Å². The van der Waals surface area contributed by atoms with E-state index in [2.05, 4.69) is 46.8 Å². The van der Waals surface area contributed by atoms with Crippen LogP contribution in [0.2, 0.25) is 0 Å². The molecule has 0 atom stereocenters. The van der Waals surface area contributed by atoms with Crippen LogP contribution in [-0.4, -0.2) is 12.5 Å². The fourth-order valence-corrected chi connectivity index (χ4v) is 1.99. The summed E-state index contributed by atoms with van der Waals surface area (Å²) >= 11 is 0. The topological polar surface area (TPSA) is 36.4 Å². The lowest BCUT2D eigenvalue weighted by molar-refractivity contribution is 0.627. The number of guanidine groups is 1. The molecule has 0 saturated carbocycles. The molecule has 0 aromatic heterocycles. The molecule has 2 N–H and O–H groups in total. The van der Waals surface area contributed by atoms with Crippen molar-refractivity contribution in [1.82, 2.24) is 10.6 Å². The lowest BCUT2D eigenvalue weighted by Gasteiger charge is -2.11. The first-order valence-corrected chi connectivity index (χ1v) is 7.49. The Morgan fingerprint density at radius 1 is 0.957 bits per heavy atom. The zero-order chi connectivity index (χ0) is 15.8. The third kappa shape index (κ3) is 6.99. The molecule has 0 amide bonds. The number of aryl methyl sites for hydroxylation is 1. The van der Waals surface area contributed by atoms with Crippen LogP contribution in [0.25, 0.3) is 0 Å². The summed E-state index contributed by atoms with van der Waals surface area (Å²) < 4.78 is 12.9. The summed E-state index contributed by atoms with van der Waals surface area (Å²) in [5, 5.41) is 6.51. The average molecular weight is 427 g/mol. The van der Waals surface area contributed by atoms with Gasteiger partial charge >= 0.3 is 0 Å². The third-order valence-corrected chi connectivity index (χ3v) is 3.26. The highest BCUT2D eigenvalue weighted by Crippen LogP contribution is 2.05. The molecule has 23 heavy (non-hydrogen) atoms. The summed E-state index contributed by atoms with van der Waals surface area (Å²) in [5.41, 5.74) is 3.44. The van der Waals surface area contributed by atoms with E-state index in [4.69, 9.17) is 0 Å². The van der Waals surface area contributed by atoms with Crippen molar-refractivity contribution in [3.05, 3.63) is 71.0 Å². The van der Waals surface area contributed by atoms with Gasteiger partial charge in [0, 0.05) is 13.1 Å². The van der Waals surface area contributed by atoms with E-state index in [0.717, 1.165) is 24.6 Å². The zero-order valence-corrected chi connectivity index (χ0v) is 15.8. The van der Waals surface area contributed by atoms with Crippen LogP contribution in [0, 0.1) is 12.7 Å². The summed E-state index contributed by atoms with van der Waals surface area (Å²) in [6.07, 6.45) is 0. The number of nitrogens with one attached hydrogen (secondary N) is 2. The number of benzene rings is 2. The molecule has 2 aromatic carbocycles. The smallest absolute Gasteiger partial charge is 0.191 e. The minimum atomic E-state index is -0.225. The Kier molecular flexibility index (Phi) is 8.61. The van der Waals surface area contributed by atoms with Gasteiger partial charge in [0.15, 0.2) is 5.96 Å². The van der Waals surface area contributed by atoms with Gasteiger partial charge in [0.1, 0.15) is 5.82 Å². The van der Waals surface area contributed by atoms with Crippen LogP contribution >= 0.6 is 24.0 Å². The summed E-state index contributed by atoms with van der Waals surface area (Å²) in [6, 6.07) is 14.8. The second-order valence-corrected chi connectivity index (χ2v) is 5.16. The van der Waals surface area contributed by atoms with E-state index in [1.54, 1.807) is 12.1 Å².